The molecule has 3 rings (SSSR count). The fourth-order valence-corrected chi connectivity index (χ4v) is 3.68. The molecule has 27 heavy (non-hydrogen) atoms. The van der Waals surface area contributed by atoms with E-state index in [1.54, 1.807) is 42.5 Å². The number of nitrogens with zero attached hydrogens (tertiary/aromatic N) is 3. The lowest BCUT2D eigenvalue weighted by atomic mass is 10.1. The van der Waals surface area contributed by atoms with Gasteiger partial charge in [0.25, 0.3) is 5.91 Å². The number of carbonyl (C=O) groups excluding carboxylic acids is 1. The molecule has 0 unspecified atom stereocenters. The molecule has 1 heterocycles. The summed E-state index contributed by atoms with van der Waals surface area (Å²) < 4.78 is 24.8. The van der Waals surface area contributed by atoms with Crippen molar-refractivity contribution in [1.29, 1.82) is 5.26 Å². The van der Waals surface area contributed by atoms with Gasteiger partial charge in [0.05, 0.1) is 28.4 Å². The van der Waals surface area contributed by atoms with Crippen LogP contribution >= 0.6 is 0 Å². The number of aromatic nitrogens is 2. The minimum atomic E-state index is -3.19. The first kappa shape index (κ1) is 18.6. The van der Waals surface area contributed by atoms with Crippen molar-refractivity contribution in [2.24, 2.45) is 0 Å². The molecule has 0 atom stereocenters. The normalized spacial score (nSPS) is 11.3. The maximum absolute atomic E-state index is 12.6. The summed E-state index contributed by atoms with van der Waals surface area (Å²) in [6.45, 7) is 2.52. The summed E-state index contributed by atoms with van der Waals surface area (Å²) in [6.07, 6.45) is 1.15. The number of amides is 1. The van der Waals surface area contributed by atoms with E-state index in [9.17, 15) is 13.2 Å². The van der Waals surface area contributed by atoms with Gasteiger partial charge in [0, 0.05) is 18.4 Å². The number of aryl methyl sites for hydroxylation is 1. The first-order valence-corrected chi connectivity index (χ1v) is 10.3. The third-order valence-corrected chi connectivity index (χ3v) is 4.89. The Morgan fingerprint density at radius 3 is 2.70 bits per heavy atom. The molecular formula is C19H18N4O3S. The highest BCUT2D eigenvalue weighted by atomic mass is 32.2. The lowest BCUT2D eigenvalue weighted by Gasteiger charge is -2.08. The van der Waals surface area contributed by atoms with Crippen LogP contribution in [0.15, 0.2) is 42.5 Å². The molecule has 8 heteroatoms. The number of hydrogen-bond donors (Lipinski definition) is 1. The van der Waals surface area contributed by atoms with Crippen LogP contribution in [0.3, 0.4) is 0 Å². The van der Waals surface area contributed by atoms with Crippen molar-refractivity contribution in [3.05, 3.63) is 59.2 Å². The maximum Gasteiger partial charge on any atom is 0.257 e. The molecule has 0 spiro atoms. The summed E-state index contributed by atoms with van der Waals surface area (Å²) in [7, 11) is -3.19. The number of fused-ring (bicyclic) bond motifs is 1. The molecule has 0 saturated heterocycles. The van der Waals surface area contributed by atoms with Gasteiger partial charge in [-0.15, -0.1) is 0 Å². The van der Waals surface area contributed by atoms with Crippen LogP contribution in [-0.2, 0) is 22.1 Å². The summed E-state index contributed by atoms with van der Waals surface area (Å²) >= 11 is 0. The van der Waals surface area contributed by atoms with Gasteiger partial charge in [-0.3, -0.25) is 10.1 Å². The predicted molar refractivity (Wildman–Crippen MR) is 103 cm³/mol. The van der Waals surface area contributed by atoms with Crippen LogP contribution in [0.4, 0.5) is 5.95 Å². The fraction of sp³-hybridized carbons (Fsp3) is 0.211. The topological polar surface area (TPSA) is 105 Å². The molecule has 0 aliphatic carbocycles. The fourth-order valence-electron chi connectivity index (χ4n) is 2.89. The second-order valence-electron chi connectivity index (χ2n) is 6.22. The zero-order chi connectivity index (χ0) is 19.6. The van der Waals surface area contributed by atoms with Crippen molar-refractivity contribution in [3.8, 4) is 6.07 Å². The monoisotopic (exact) mass is 382 g/mol. The smallest absolute Gasteiger partial charge is 0.257 e. The molecule has 0 aliphatic rings. The lowest BCUT2D eigenvalue weighted by molar-refractivity contribution is 0.102. The Hall–Kier alpha value is -3.18. The highest BCUT2D eigenvalue weighted by Gasteiger charge is 2.15. The third kappa shape index (κ3) is 4.15. The third-order valence-electron chi connectivity index (χ3n) is 4.04. The predicted octanol–water partition coefficient (Wildman–Crippen LogP) is 2.72. The van der Waals surface area contributed by atoms with E-state index in [2.05, 4.69) is 16.4 Å². The summed E-state index contributed by atoms with van der Waals surface area (Å²) in [6, 6.07) is 13.7. The van der Waals surface area contributed by atoms with Crippen molar-refractivity contribution >= 4 is 32.7 Å². The maximum atomic E-state index is 12.6. The van der Waals surface area contributed by atoms with Crippen molar-refractivity contribution in [3.63, 3.8) is 0 Å². The number of nitrogens with one attached hydrogen (secondary N) is 1. The zero-order valence-electron chi connectivity index (χ0n) is 14.9. The van der Waals surface area contributed by atoms with Crippen LogP contribution in [0.1, 0.15) is 28.4 Å². The van der Waals surface area contributed by atoms with Gasteiger partial charge in [-0.25, -0.2) is 13.4 Å². The molecule has 0 bridgehead atoms. The number of imidazole rings is 1. The van der Waals surface area contributed by atoms with Gasteiger partial charge in [0.1, 0.15) is 0 Å². The Labute approximate surface area is 157 Å². The van der Waals surface area contributed by atoms with E-state index in [1.807, 2.05) is 11.5 Å². The van der Waals surface area contributed by atoms with Gasteiger partial charge in [0.2, 0.25) is 5.95 Å². The van der Waals surface area contributed by atoms with Gasteiger partial charge in [-0.05, 0) is 42.8 Å². The minimum absolute atomic E-state index is 0.126. The first-order chi connectivity index (χ1) is 12.8. The van der Waals surface area contributed by atoms with Gasteiger partial charge in [0.15, 0.2) is 9.84 Å². The molecule has 3 aromatic rings. The van der Waals surface area contributed by atoms with E-state index in [1.165, 1.54) is 0 Å². The molecular weight excluding hydrogens is 364 g/mol. The number of hydrogen-bond acceptors (Lipinski definition) is 5. The van der Waals surface area contributed by atoms with Crippen LogP contribution in [-0.4, -0.2) is 30.1 Å². The largest absolute Gasteiger partial charge is 0.310 e. The number of carbonyl (C=O) groups is 1. The SMILES string of the molecule is CCn1c(NC(=O)c2cccc(CS(C)(=O)=O)c2)nc2cc(C#N)ccc21. The van der Waals surface area contributed by atoms with Crippen molar-refractivity contribution < 1.29 is 13.2 Å². The highest BCUT2D eigenvalue weighted by molar-refractivity contribution is 7.89. The summed E-state index contributed by atoms with van der Waals surface area (Å²) in [5, 5.41) is 11.8. The Balaban J connectivity index is 1.92. The molecule has 0 aliphatic heterocycles. The zero-order valence-corrected chi connectivity index (χ0v) is 15.7. The Kier molecular flexibility index (Phi) is 4.97. The standard InChI is InChI=1S/C19H18N4O3S/c1-3-23-17-8-7-13(11-20)10-16(17)21-19(23)22-18(24)15-6-4-5-14(9-15)12-27(2,25)26/h4-10H,3,12H2,1-2H3,(H,21,22,24). The number of benzene rings is 2. The van der Waals surface area contributed by atoms with Crippen molar-refractivity contribution in [1.82, 2.24) is 9.55 Å². The van der Waals surface area contributed by atoms with Crippen LogP contribution in [0.25, 0.3) is 11.0 Å². The Bertz CT molecular complexity index is 1170. The molecule has 0 radical (unpaired) electrons. The van der Waals surface area contributed by atoms with E-state index in [4.69, 9.17) is 5.26 Å². The van der Waals surface area contributed by atoms with E-state index < -0.39 is 9.84 Å². The molecule has 0 fully saturated rings. The van der Waals surface area contributed by atoms with E-state index in [-0.39, 0.29) is 11.7 Å². The van der Waals surface area contributed by atoms with Crippen LogP contribution in [0.2, 0.25) is 0 Å². The summed E-state index contributed by atoms with van der Waals surface area (Å²) in [5.74, 6) is -0.129. The van der Waals surface area contributed by atoms with Gasteiger partial charge in [-0.2, -0.15) is 5.26 Å². The summed E-state index contributed by atoms with van der Waals surface area (Å²) in [4.78, 5) is 17.1. The lowest BCUT2D eigenvalue weighted by Crippen LogP contribution is -2.16. The number of nitriles is 1. The van der Waals surface area contributed by atoms with E-state index in [0.717, 1.165) is 11.8 Å². The second kappa shape index (κ2) is 7.21. The highest BCUT2D eigenvalue weighted by Crippen LogP contribution is 2.21. The first-order valence-electron chi connectivity index (χ1n) is 8.29. The molecule has 2 aromatic carbocycles. The van der Waals surface area contributed by atoms with Gasteiger partial charge >= 0.3 is 0 Å². The van der Waals surface area contributed by atoms with Gasteiger partial charge < -0.3 is 4.57 Å². The molecule has 138 valence electrons. The number of sulfone groups is 1. The molecule has 0 saturated carbocycles. The van der Waals surface area contributed by atoms with Crippen LogP contribution in [0, 0.1) is 11.3 Å². The van der Waals surface area contributed by atoms with Crippen LogP contribution < -0.4 is 5.32 Å². The Morgan fingerprint density at radius 2 is 2.04 bits per heavy atom. The average Bonchev–Trinajstić information content (AvgIpc) is 2.96. The minimum Gasteiger partial charge on any atom is -0.310 e. The average molecular weight is 382 g/mol. The molecule has 1 amide bonds. The van der Waals surface area contributed by atoms with Crippen molar-refractivity contribution in [2.45, 2.75) is 19.2 Å². The quantitative estimate of drug-likeness (QED) is 0.730. The molecule has 1 aromatic heterocycles. The number of rotatable bonds is 5. The second-order valence-corrected chi connectivity index (χ2v) is 8.36. The van der Waals surface area contributed by atoms with Crippen molar-refractivity contribution in [2.75, 3.05) is 11.6 Å². The van der Waals surface area contributed by atoms with E-state index in [0.29, 0.717) is 34.7 Å². The van der Waals surface area contributed by atoms with E-state index >= 15 is 0 Å². The molecule has 1 N–H and O–H groups in total. The molecule has 7 nitrogen and oxygen atoms in total. The Morgan fingerprint density at radius 1 is 1.26 bits per heavy atom. The summed E-state index contributed by atoms with van der Waals surface area (Å²) in [5.41, 5.74) is 2.83. The van der Waals surface area contributed by atoms with Crippen LogP contribution in [0.5, 0.6) is 0 Å². The number of anilines is 1. The van der Waals surface area contributed by atoms with Gasteiger partial charge in [-0.1, -0.05) is 12.1 Å².